The minimum atomic E-state index is 0.0111. The normalized spacial score (nSPS) is 30.4. The second kappa shape index (κ2) is 3.87. The first-order valence-electron chi connectivity index (χ1n) is 4.26. The number of carbonyl (C=O) groups is 1. The third-order valence-corrected chi connectivity index (χ3v) is 1.95. The Morgan fingerprint density at radius 2 is 2.00 bits per heavy atom. The van der Waals surface area contributed by atoms with Gasteiger partial charge < -0.3 is 15.4 Å². The van der Waals surface area contributed by atoms with Gasteiger partial charge in [-0.2, -0.15) is 0 Å². The molecule has 0 saturated carbocycles. The van der Waals surface area contributed by atoms with Crippen molar-refractivity contribution in [2.45, 2.75) is 26.1 Å². The number of hydrogen-bond acceptors (Lipinski definition) is 3. The first-order valence-corrected chi connectivity index (χ1v) is 4.26. The number of carbonyl (C=O) groups excluding carboxylic acids is 1. The topological polar surface area (TPSA) is 55.6 Å². The van der Waals surface area contributed by atoms with E-state index in [1.165, 1.54) is 0 Å². The summed E-state index contributed by atoms with van der Waals surface area (Å²) in [7, 11) is 0. The molecule has 12 heavy (non-hydrogen) atoms. The Kier molecular flexibility index (Phi) is 3.05. The monoisotopic (exact) mass is 172 g/mol. The molecule has 0 aliphatic carbocycles. The van der Waals surface area contributed by atoms with Crippen molar-refractivity contribution in [1.82, 2.24) is 4.90 Å². The Morgan fingerprint density at radius 3 is 2.42 bits per heavy atom. The molecule has 0 aromatic carbocycles. The summed E-state index contributed by atoms with van der Waals surface area (Å²) in [4.78, 5) is 13.0. The second-order valence-corrected chi connectivity index (χ2v) is 3.26. The van der Waals surface area contributed by atoms with Crippen LogP contribution in [0.25, 0.3) is 0 Å². The highest BCUT2D eigenvalue weighted by Gasteiger charge is 2.24. The first-order chi connectivity index (χ1) is 5.63. The maximum atomic E-state index is 11.2. The van der Waals surface area contributed by atoms with Crippen molar-refractivity contribution in [3.05, 3.63) is 0 Å². The van der Waals surface area contributed by atoms with Gasteiger partial charge in [0, 0.05) is 13.1 Å². The Balaban J connectivity index is 2.49. The first kappa shape index (κ1) is 9.48. The molecule has 0 radical (unpaired) electrons. The average molecular weight is 172 g/mol. The standard InChI is InChI=1S/C8H16N2O2/c1-6-4-10(8(11)3-9)5-7(2)12-6/h6-7H,3-5,9H2,1-2H3/t6-,7-/m1/s1. The molecular formula is C8H16N2O2. The fourth-order valence-electron chi connectivity index (χ4n) is 1.51. The van der Waals surface area contributed by atoms with E-state index in [-0.39, 0.29) is 24.7 Å². The van der Waals surface area contributed by atoms with Crippen LogP contribution in [-0.4, -0.2) is 42.6 Å². The Bertz CT molecular complexity index is 162. The Labute approximate surface area is 72.7 Å². The molecule has 70 valence electrons. The van der Waals surface area contributed by atoms with Crippen LogP contribution in [0, 0.1) is 0 Å². The van der Waals surface area contributed by atoms with Crippen LogP contribution in [0.15, 0.2) is 0 Å². The van der Waals surface area contributed by atoms with Gasteiger partial charge in [-0.25, -0.2) is 0 Å². The van der Waals surface area contributed by atoms with Gasteiger partial charge in [-0.3, -0.25) is 4.79 Å². The summed E-state index contributed by atoms with van der Waals surface area (Å²) < 4.78 is 5.48. The van der Waals surface area contributed by atoms with Crippen molar-refractivity contribution < 1.29 is 9.53 Å². The molecule has 0 aromatic rings. The molecule has 0 bridgehead atoms. The van der Waals surface area contributed by atoms with Crippen LogP contribution in [0.4, 0.5) is 0 Å². The van der Waals surface area contributed by atoms with Gasteiger partial charge in [-0.05, 0) is 13.8 Å². The zero-order valence-corrected chi connectivity index (χ0v) is 7.62. The van der Waals surface area contributed by atoms with Crippen LogP contribution in [0.3, 0.4) is 0 Å². The number of morpholine rings is 1. The van der Waals surface area contributed by atoms with Gasteiger partial charge >= 0.3 is 0 Å². The third kappa shape index (κ3) is 2.19. The van der Waals surface area contributed by atoms with E-state index in [1.54, 1.807) is 4.90 Å². The molecule has 2 N–H and O–H groups in total. The molecule has 1 aliphatic rings. The quantitative estimate of drug-likeness (QED) is 0.584. The van der Waals surface area contributed by atoms with Gasteiger partial charge in [0.2, 0.25) is 5.91 Å². The largest absolute Gasteiger partial charge is 0.372 e. The number of nitrogens with zero attached hydrogens (tertiary/aromatic N) is 1. The zero-order chi connectivity index (χ0) is 9.14. The van der Waals surface area contributed by atoms with Gasteiger partial charge in [0.25, 0.3) is 0 Å². The lowest BCUT2D eigenvalue weighted by atomic mass is 10.2. The Morgan fingerprint density at radius 1 is 1.50 bits per heavy atom. The number of amides is 1. The van der Waals surface area contributed by atoms with E-state index in [0.29, 0.717) is 13.1 Å². The van der Waals surface area contributed by atoms with Gasteiger partial charge in [0.1, 0.15) is 0 Å². The summed E-state index contributed by atoms with van der Waals surface area (Å²) in [5.74, 6) is 0.0111. The van der Waals surface area contributed by atoms with E-state index in [9.17, 15) is 4.79 Å². The number of rotatable bonds is 1. The van der Waals surface area contributed by atoms with Crippen LogP contribution < -0.4 is 5.73 Å². The van der Waals surface area contributed by atoms with E-state index >= 15 is 0 Å². The predicted octanol–water partition coefficient (Wildman–Crippen LogP) is -0.419. The van der Waals surface area contributed by atoms with Gasteiger partial charge in [0.05, 0.1) is 18.8 Å². The van der Waals surface area contributed by atoms with Gasteiger partial charge in [0.15, 0.2) is 0 Å². The predicted molar refractivity (Wildman–Crippen MR) is 45.6 cm³/mol. The molecule has 1 saturated heterocycles. The lowest BCUT2D eigenvalue weighted by molar-refractivity contribution is -0.141. The summed E-state index contributed by atoms with van der Waals surface area (Å²) >= 11 is 0. The molecule has 1 fully saturated rings. The average Bonchev–Trinajstić information content (AvgIpc) is 2.01. The number of nitrogens with two attached hydrogens (primary N) is 1. The molecule has 4 heteroatoms. The number of hydrogen-bond donors (Lipinski definition) is 1. The lowest BCUT2D eigenvalue weighted by Gasteiger charge is -2.35. The van der Waals surface area contributed by atoms with Gasteiger partial charge in [-0.1, -0.05) is 0 Å². The van der Waals surface area contributed by atoms with E-state index in [0.717, 1.165) is 0 Å². The summed E-state index contributed by atoms with van der Waals surface area (Å²) in [5.41, 5.74) is 5.26. The third-order valence-electron chi connectivity index (χ3n) is 1.95. The molecule has 1 heterocycles. The summed E-state index contributed by atoms with van der Waals surface area (Å²) in [6, 6.07) is 0. The lowest BCUT2D eigenvalue weighted by Crippen LogP contribution is -2.49. The molecule has 2 atom stereocenters. The second-order valence-electron chi connectivity index (χ2n) is 3.26. The minimum Gasteiger partial charge on any atom is -0.372 e. The zero-order valence-electron chi connectivity index (χ0n) is 7.62. The fourth-order valence-corrected chi connectivity index (χ4v) is 1.51. The number of ether oxygens (including phenoxy) is 1. The van der Waals surface area contributed by atoms with Crippen molar-refractivity contribution in [2.24, 2.45) is 5.73 Å². The molecule has 1 rings (SSSR count). The summed E-state index contributed by atoms with van der Waals surface area (Å²) in [6.45, 7) is 5.36. The fraction of sp³-hybridized carbons (Fsp3) is 0.875. The molecule has 1 amide bonds. The van der Waals surface area contributed by atoms with Crippen molar-refractivity contribution in [1.29, 1.82) is 0 Å². The Hall–Kier alpha value is -0.610. The van der Waals surface area contributed by atoms with Crippen molar-refractivity contribution in [3.63, 3.8) is 0 Å². The minimum absolute atomic E-state index is 0.0111. The van der Waals surface area contributed by atoms with Crippen molar-refractivity contribution in [2.75, 3.05) is 19.6 Å². The molecule has 0 unspecified atom stereocenters. The molecule has 0 spiro atoms. The van der Waals surface area contributed by atoms with Crippen LogP contribution in [0.2, 0.25) is 0 Å². The van der Waals surface area contributed by atoms with Crippen molar-refractivity contribution in [3.8, 4) is 0 Å². The smallest absolute Gasteiger partial charge is 0.236 e. The highest BCUT2D eigenvalue weighted by atomic mass is 16.5. The van der Waals surface area contributed by atoms with Crippen LogP contribution in [-0.2, 0) is 9.53 Å². The van der Waals surface area contributed by atoms with Gasteiger partial charge in [-0.15, -0.1) is 0 Å². The van der Waals surface area contributed by atoms with Crippen LogP contribution in [0.1, 0.15) is 13.8 Å². The van der Waals surface area contributed by atoms with Crippen molar-refractivity contribution >= 4 is 5.91 Å². The van der Waals surface area contributed by atoms with E-state index in [1.807, 2.05) is 13.8 Å². The maximum Gasteiger partial charge on any atom is 0.236 e. The SMILES string of the molecule is C[C@@H]1CN(C(=O)CN)C[C@@H](C)O1. The molecular weight excluding hydrogens is 156 g/mol. The maximum absolute atomic E-state index is 11.2. The van der Waals surface area contributed by atoms with E-state index in [4.69, 9.17) is 10.5 Å². The van der Waals surface area contributed by atoms with E-state index in [2.05, 4.69) is 0 Å². The highest BCUT2D eigenvalue weighted by Crippen LogP contribution is 2.09. The summed E-state index contributed by atoms with van der Waals surface area (Å²) in [5, 5.41) is 0. The molecule has 0 aromatic heterocycles. The highest BCUT2D eigenvalue weighted by molar-refractivity contribution is 5.78. The van der Waals surface area contributed by atoms with Crippen LogP contribution in [0.5, 0.6) is 0 Å². The molecule has 1 aliphatic heterocycles. The van der Waals surface area contributed by atoms with E-state index < -0.39 is 0 Å². The summed E-state index contributed by atoms with van der Waals surface area (Å²) in [6.07, 6.45) is 0.258. The van der Waals surface area contributed by atoms with Crippen LogP contribution >= 0.6 is 0 Å². The molecule has 4 nitrogen and oxygen atoms in total.